The molecule has 0 unspecified atom stereocenters. The lowest BCUT2D eigenvalue weighted by atomic mass is 10.1. The van der Waals surface area contributed by atoms with E-state index in [9.17, 15) is 9.59 Å². The fraction of sp³-hybridized carbons (Fsp3) is 0.333. The van der Waals surface area contributed by atoms with Crippen LogP contribution in [0.25, 0.3) is 0 Å². The molecule has 3 rings (SSSR count). The summed E-state index contributed by atoms with van der Waals surface area (Å²) in [6.07, 6.45) is 2.13. The molecule has 0 atom stereocenters. The van der Waals surface area contributed by atoms with Crippen molar-refractivity contribution in [3.05, 3.63) is 54.1 Å². The maximum atomic E-state index is 12.5. The summed E-state index contributed by atoms with van der Waals surface area (Å²) < 4.78 is 5.38. The molecule has 0 aromatic heterocycles. The zero-order valence-corrected chi connectivity index (χ0v) is 15.5. The highest BCUT2D eigenvalue weighted by Crippen LogP contribution is 2.17. The molecule has 0 saturated carbocycles. The van der Waals surface area contributed by atoms with Crippen LogP contribution < -0.4 is 15.4 Å². The Kier molecular flexibility index (Phi) is 6.30. The van der Waals surface area contributed by atoms with Crippen LogP contribution in [0.15, 0.2) is 48.5 Å². The van der Waals surface area contributed by atoms with Gasteiger partial charge < -0.3 is 20.3 Å². The molecule has 2 aromatic rings. The van der Waals surface area contributed by atoms with E-state index in [1.54, 1.807) is 18.2 Å². The lowest BCUT2D eigenvalue weighted by Crippen LogP contribution is -2.27. The van der Waals surface area contributed by atoms with Gasteiger partial charge in [-0.15, -0.1) is 0 Å². The Morgan fingerprint density at radius 2 is 1.78 bits per heavy atom. The van der Waals surface area contributed by atoms with Crippen molar-refractivity contribution in [1.29, 1.82) is 0 Å². The van der Waals surface area contributed by atoms with Gasteiger partial charge in [-0.1, -0.05) is 6.07 Å². The van der Waals surface area contributed by atoms with Gasteiger partial charge in [-0.2, -0.15) is 0 Å². The highest BCUT2D eigenvalue weighted by Gasteiger charge is 2.19. The minimum Gasteiger partial charge on any atom is -0.494 e. The van der Waals surface area contributed by atoms with Crippen molar-refractivity contribution >= 4 is 23.2 Å². The minimum absolute atomic E-state index is 0.0509. The number of hydrogen-bond donors (Lipinski definition) is 2. The van der Waals surface area contributed by atoms with Gasteiger partial charge >= 0.3 is 0 Å². The molecule has 2 aromatic carbocycles. The van der Waals surface area contributed by atoms with E-state index < -0.39 is 0 Å². The number of carbonyl (C=O) groups excluding carboxylic acids is 2. The zero-order valence-electron chi connectivity index (χ0n) is 15.5. The lowest BCUT2D eigenvalue weighted by Gasteiger charge is -2.16. The smallest absolute Gasteiger partial charge is 0.253 e. The summed E-state index contributed by atoms with van der Waals surface area (Å²) in [5, 5.41) is 5.91. The molecule has 2 amide bonds. The maximum Gasteiger partial charge on any atom is 0.253 e. The second kappa shape index (κ2) is 9.07. The van der Waals surface area contributed by atoms with E-state index in [-0.39, 0.29) is 18.4 Å². The van der Waals surface area contributed by atoms with Gasteiger partial charge in [-0.3, -0.25) is 9.59 Å². The van der Waals surface area contributed by atoms with E-state index in [0.29, 0.717) is 17.9 Å². The summed E-state index contributed by atoms with van der Waals surface area (Å²) in [5.41, 5.74) is 2.11. The zero-order chi connectivity index (χ0) is 19.1. The van der Waals surface area contributed by atoms with E-state index >= 15 is 0 Å². The van der Waals surface area contributed by atoms with Crippen LogP contribution in [0.3, 0.4) is 0 Å². The Hall–Kier alpha value is -3.02. The van der Waals surface area contributed by atoms with Crippen LogP contribution in [0.2, 0.25) is 0 Å². The summed E-state index contributed by atoms with van der Waals surface area (Å²) in [4.78, 5) is 26.5. The van der Waals surface area contributed by atoms with Gasteiger partial charge in [0.05, 0.1) is 13.2 Å². The number of benzene rings is 2. The molecular weight excluding hydrogens is 342 g/mol. The van der Waals surface area contributed by atoms with Crippen molar-refractivity contribution in [1.82, 2.24) is 4.90 Å². The molecule has 6 nitrogen and oxygen atoms in total. The molecule has 1 heterocycles. The van der Waals surface area contributed by atoms with Crippen molar-refractivity contribution in [3.63, 3.8) is 0 Å². The van der Waals surface area contributed by atoms with Crippen LogP contribution in [0.5, 0.6) is 5.75 Å². The predicted octanol–water partition coefficient (Wildman–Crippen LogP) is 3.37. The average Bonchev–Trinajstić information content (AvgIpc) is 3.23. The Balaban J connectivity index is 1.52. The number of carbonyl (C=O) groups is 2. The monoisotopic (exact) mass is 367 g/mol. The van der Waals surface area contributed by atoms with Crippen LogP contribution in [-0.4, -0.2) is 43.0 Å². The van der Waals surface area contributed by atoms with Crippen molar-refractivity contribution < 1.29 is 14.3 Å². The topological polar surface area (TPSA) is 70.7 Å². The maximum absolute atomic E-state index is 12.5. The number of rotatable bonds is 7. The van der Waals surface area contributed by atoms with Crippen molar-refractivity contribution in [3.8, 4) is 5.75 Å². The number of anilines is 2. The van der Waals surface area contributed by atoms with E-state index in [4.69, 9.17) is 4.74 Å². The average molecular weight is 367 g/mol. The Bertz CT molecular complexity index is 784. The van der Waals surface area contributed by atoms with E-state index in [2.05, 4.69) is 10.6 Å². The molecule has 0 bridgehead atoms. The van der Waals surface area contributed by atoms with E-state index in [1.807, 2.05) is 42.2 Å². The van der Waals surface area contributed by atoms with Crippen LogP contribution in [0.1, 0.15) is 30.1 Å². The number of nitrogens with one attached hydrogen (secondary N) is 2. The second-order valence-electron chi connectivity index (χ2n) is 6.44. The van der Waals surface area contributed by atoms with Gasteiger partial charge in [0.1, 0.15) is 5.75 Å². The highest BCUT2D eigenvalue weighted by molar-refractivity contribution is 5.96. The highest BCUT2D eigenvalue weighted by atomic mass is 16.5. The lowest BCUT2D eigenvalue weighted by molar-refractivity contribution is -0.114. The number of hydrogen-bond acceptors (Lipinski definition) is 4. The first-order chi connectivity index (χ1) is 13.2. The normalized spacial score (nSPS) is 13.3. The van der Waals surface area contributed by atoms with Crippen molar-refractivity contribution in [2.75, 3.05) is 36.9 Å². The third-order valence-corrected chi connectivity index (χ3v) is 4.40. The molecule has 1 aliphatic rings. The number of nitrogens with zero attached hydrogens (tertiary/aromatic N) is 1. The largest absolute Gasteiger partial charge is 0.494 e. The van der Waals surface area contributed by atoms with Crippen molar-refractivity contribution in [2.45, 2.75) is 19.8 Å². The molecule has 1 fully saturated rings. The van der Waals surface area contributed by atoms with Gasteiger partial charge in [-0.05, 0) is 62.2 Å². The number of amides is 2. The van der Waals surface area contributed by atoms with Crippen LogP contribution in [-0.2, 0) is 4.79 Å². The predicted molar refractivity (Wildman–Crippen MR) is 106 cm³/mol. The van der Waals surface area contributed by atoms with Gasteiger partial charge in [-0.25, -0.2) is 0 Å². The summed E-state index contributed by atoms with van der Waals surface area (Å²) in [7, 11) is 0. The first-order valence-corrected chi connectivity index (χ1v) is 9.31. The molecule has 0 spiro atoms. The molecule has 0 radical (unpaired) electrons. The summed E-state index contributed by atoms with van der Waals surface area (Å²) in [6.45, 7) is 4.29. The standard InChI is InChI=1S/C21H25N3O3/c1-2-27-19-10-8-17(9-11-19)23-20(25)15-22-18-7-5-6-16(14-18)21(26)24-12-3-4-13-24/h5-11,14,22H,2-4,12-13,15H2,1H3,(H,23,25). The van der Waals surface area contributed by atoms with Gasteiger partial charge in [0.15, 0.2) is 0 Å². The molecular formula is C21H25N3O3. The first-order valence-electron chi connectivity index (χ1n) is 9.31. The number of ether oxygens (including phenoxy) is 1. The van der Waals surface area contributed by atoms with Gasteiger partial charge in [0.2, 0.25) is 5.91 Å². The van der Waals surface area contributed by atoms with Crippen LogP contribution in [0.4, 0.5) is 11.4 Å². The molecule has 1 saturated heterocycles. The Morgan fingerprint density at radius 3 is 2.48 bits per heavy atom. The molecule has 2 N–H and O–H groups in total. The quantitative estimate of drug-likeness (QED) is 0.787. The third-order valence-electron chi connectivity index (χ3n) is 4.40. The van der Waals surface area contributed by atoms with E-state index in [0.717, 1.165) is 37.4 Å². The Morgan fingerprint density at radius 1 is 1.04 bits per heavy atom. The minimum atomic E-state index is -0.157. The SMILES string of the molecule is CCOc1ccc(NC(=O)CNc2cccc(C(=O)N3CCCC3)c2)cc1. The van der Waals surface area contributed by atoms with Crippen LogP contribution >= 0.6 is 0 Å². The van der Waals surface area contributed by atoms with Crippen molar-refractivity contribution in [2.24, 2.45) is 0 Å². The van der Waals surface area contributed by atoms with Gasteiger partial charge in [0.25, 0.3) is 5.91 Å². The summed E-state index contributed by atoms with van der Waals surface area (Å²) in [5.74, 6) is 0.665. The molecule has 142 valence electrons. The fourth-order valence-electron chi connectivity index (χ4n) is 3.05. The number of likely N-dealkylation sites (tertiary alicyclic amines) is 1. The summed E-state index contributed by atoms with van der Waals surface area (Å²) in [6, 6.07) is 14.5. The first kappa shape index (κ1) is 18.8. The molecule has 27 heavy (non-hydrogen) atoms. The Labute approximate surface area is 159 Å². The second-order valence-corrected chi connectivity index (χ2v) is 6.44. The van der Waals surface area contributed by atoms with Gasteiger partial charge in [0, 0.05) is 30.0 Å². The van der Waals surface area contributed by atoms with Crippen LogP contribution in [0, 0.1) is 0 Å². The van der Waals surface area contributed by atoms with E-state index in [1.165, 1.54) is 0 Å². The third kappa shape index (κ3) is 5.23. The molecule has 6 heteroatoms. The summed E-state index contributed by atoms with van der Waals surface area (Å²) >= 11 is 0. The molecule has 0 aliphatic carbocycles. The fourth-order valence-corrected chi connectivity index (χ4v) is 3.05. The molecule has 1 aliphatic heterocycles.